The van der Waals surface area contributed by atoms with Gasteiger partial charge >= 0.3 is 0 Å². The highest BCUT2D eigenvalue weighted by Gasteiger charge is 1.95. The molecule has 0 unspecified atom stereocenters. The lowest BCUT2D eigenvalue weighted by Gasteiger charge is -2.01. The van der Waals surface area contributed by atoms with Gasteiger partial charge in [-0.2, -0.15) is 5.26 Å². The fraction of sp³-hybridized carbons (Fsp3) is 0.167. The van der Waals surface area contributed by atoms with Gasteiger partial charge in [-0.1, -0.05) is 54.3 Å². The number of ether oxygens (including phenoxy) is 1. The van der Waals surface area contributed by atoms with Gasteiger partial charge in [0.05, 0.1) is 18.8 Å². The zero-order chi connectivity index (χ0) is 14.0. The van der Waals surface area contributed by atoms with Crippen molar-refractivity contribution in [1.82, 2.24) is 0 Å². The summed E-state index contributed by atoms with van der Waals surface area (Å²) in [7, 11) is 0. The first-order valence-corrected chi connectivity index (χ1v) is 6.50. The molecular formula is C18H15NO. The molecule has 2 aromatic rings. The van der Waals surface area contributed by atoms with Gasteiger partial charge in [0.1, 0.15) is 6.07 Å². The first kappa shape index (κ1) is 13.9. The molecule has 0 spiro atoms. The summed E-state index contributed by atoms with van der Waals surface area (Å²) < 4.78 is 5.55. The van der Waals surface area contributed by atoms with Crippen molar-refractivity contribution in [3.8, 4) is 17.9 Å². The number of benzene rings is 2. The summed E-state index contributed by atoms with van der Waals surface area (Å²) in [4.78, 5) is 0. The molecule has 0 aliphatic carbocycles. The van der Waals surface area contributed by atoms with Crippen LogP contribution in [0.2, 0.25) is 0 Å². The molecule has 0 amide bonds. The second-order valence-corrected chi connectivity index (χ2v) is 4.25. The first-order chi connectivity index (χ1) is 9.90. The minimum Gasteiger partial charge on any atom is -0.376 e. The molecule has 0 atom stereocenters. The highest BCUT2D eigenvalue weighted by atomic mass is 16.5. The molecule has 0 fully saturated rings. The Hall–Kier alpha value is -2.55. The van der Waals surface area contributed by atoms with Gasteiger partial charge in [0.2, 0.25) is 0 Å². The molecular weight excluding hydrogens is 246 g/mol. The Morgan fingerprint density at radius 3 is 2.35 bits per heavy atom. The SMILES string of the molecule is N#Cc1ccccc1C#CCCOCc1ccccc1. The molecule has 0 heterocycles. The predicted octanol–water partition coefficient (Wildman–Crippen LogP) is 3.52. The fourth-order valence-corrected chi connectivity index (χ4v) is 1.73. The van der Waals surface area contributed by atoms with Gasteiger partial charge in [-0.25, -0.2) is 0 Å². The topological polar surface area (TPSA) is 33.0 Å². The highest BCUT2D eigenvalue weighted by molar-refractivity contribution is 5.47. The van der Waals surface area contributed by atoms with Crippen molar-refractivity contribution in [1.29, 1.82) is 5.26 Å². The Kier molecular flexibility index (Phi) is 5.40. The number of hydrogen-bond acceptors (Lipinski definition) is 2. The van der Waals surface area contributed by atoms with Gasteiger partial charge in [-0.3, -0.25) is 0 Å². The molecule has 0 saturated heterocycles. The lowest BCUT2D eigenvalue weighted by molar-refractivity contribution is 0.126. The lowest BCUT2D eigenvalue weighted by Crippen LogP contribution is -1.94. The second kappa shape index (κ2) is 7.79. The molecule has 0 aliphatic heterocycles. The minimum atomic E-state index is 0.594. The Morgan fingerprint density at radius 1 is 0.900 bits per heavy atom. The fourth-order valence-electron chi connectivity index (χ4n) is 1.73. The molecule has 2 heteroatoms. The smallest absolute Gasteiger partial charge is 0.100 e. The summed E-state index contributed by atoms with van der Waals surface area (Å²) in [6.45, 7) is 1.20. The molecule has 0 aliphatic rings. The average Bonchev–Trinajstić information content (AvgIpc) is 2.52. The number of nitriles is 1. The largest absolute Gasteiger partial charge is 0.376 e. The Labute approximate surface area is 119 Å². The molecule has 20 heavy (non-hydrogen) atoms. The van der Waals surface area contributed by atoms with Crippen LogP contribution in [0.15, 0.2) is 54.6 Å². The Bertz CT molecular complexity index is 644. The first-order valence-electron chi connectivity index (χ1n) is 6.50. The van der Waals surface area contributed by atoms with E-state index in [0.717, 1.165) is 11.1 Å². The molecule has 0 N–H and O–H groups in total. The predicted molar refractivity (Wildman–Crippen MR) is 78.8 cm³/mol. The van der Waals surface area contributed by atoms with Gasteiger partial charge < -0.3 is 4.74 Å². The van der Waals surface area contributed by atoms with Crippen molar-refractivity contribution in [2.75, 3.05) is 6.61 Å². The van der Waals surface area contributed by atoms with Crippen molar-refractivity contribution in [2.45, 2.75) is 13.0 Å². The van der Waals surface area contributed by atoms with E-state index < -0.39 is 0 Å². The molecule has 2 aromatic carbocycles. The van der Waals surface area contributed by atoms with E-state index in [1.54, 1.807) is 6.07 Å². The monoisotopic (exact) mass is 261 g/mol. The maximum atomic E-state index is 8.94. The number of rotatable bonds is 4. The number of nitrogens with zero attached hydrogens (tertiary/aromatic N) is 1. The third-order valence-corrected chi connectivity index (χ3v) is 2.75. The van der Waals surface area contributed by atoms with Crippen LogP contribution in [-0.4, -0.2) is 6.61 Å². The van der Waals surface area contributed by atoms with Crippen LogP contribution in [0.5, 0.6) is 0 Å². The normalized spacial score (nSPS) is 9.35. The lowest BCUT2D eigenvalue weighted by atomic mass is 10.1. The molecule has 0 aromatic heterocycles. The summed E-state index contributed by atoms with van der Waals surface area (Å²) in [5.41, 5.74) is 2.55. The van der Waals surface area contributed by atoms with Gasteiger partial charge in [0.25, 0.3) is 0 Å². The van der Waals surface area contributed by atoms with Crippen LogP contribution in [0, 0.1) is 23.2 Å². The zero-order valence-corrected chi connectivity index (χ0v) is 11.2. The van der Waals surface area contributed by atoms with Crippen molar-refractivity contribution in [3.05, 3.63) is 71.3 Å². The van der Waals surface area contributed by atoms with Crippen LogP contribution in [0.4, 0.5) is 0 Å². The van der Waals surface area contributed by atoms with Crippen LogP contribution in [-0.2, 0) is 11.3 Å². The summed E-state index contributed by atoms with van der Waals surface area (Å²) in [5.74, 6) is 6.05. The van der Waals surface area contributed by atoms with E-state index in [1.165, 1.54) is 0 Å². The standard InChI is InChI=1S/C18H15NO/c19-14-18-12-5-4-10-17(18)11-6-7-13-20-15-16-8-2-1-3-9-16/h1-5,8-10,12H,7,13,15H2. The van der Waals surface area contributed by atoms with Crippen LogP contribution in [0.3, 0.4) is 0 Å². The third-order valence-electron chi connectivity index (χ3n) is 2.75. The van der Waals surface area contributed by atoms with Gasteiger partial charge in [0.15, 0.2) is 0 Å². The van der Waals surface area contributed by atoms with Gasteiger partial charge in [0, 0.05) is 12.0 Å². The molecule has 98 valence electrons. The Morgan fingerprint density at radius 2 is 1.60 bits per heavy atom. The van der Waals surface area contributed by atoms with E-state index in [0.29, 0.717) is 25.2 Å². The second-order valence-electron chi connectivity index (χ2n) is 4.25. The summed E-state index contributed by atoms with van der Waals surface area (Å²) in [6.07, 6.45) is 0.659. The minimum absolute atomic E-state index is 0.594. The molecule has 0 saturated carbocycles. The average molecular weight is 261 g/mol. The summed E-state index contributed by atoms with van der Waals surface area (Å²) in [5, 5.41) is 8.94. The van der Waals surface area contributed by atoms with Crippen LogP contribution in [0.25, 0.3) is 0 Å². The molecule has 2 nitrogen and oxygen atoms in total. The highest BCUT2D eigenvalue weighted by Crippen LogP contribution is 2.05. The van der Waals surface area contributed by atoms with E-state index >= 15 is 0 Å². The van der Waals surface area contributed by atoms with Gasteiger partial charge in [-0.15, -0.1) is 0 Å². The van der Waals surface area contributed by atoms with Crippen molar-refractivity contribution in [3.63, 3.8) is 0 Å². The summed E-state index contributed by atoms with van der Waals surface area (Å²) in [6, 6.07) is 19.5. The van der Waals surface area contributed by atoms with E-state index in [-0.39, 0.29) is 0 Å². The quantitative estimate of drug-likeness (QED) is 0.623. The molecule has 0 bridgehead atoms. The van der Waals surface area contributed by atoms with Crippen molar-refractivity contribution >= 4 is 0 Å². The maximum Gasteiger partial charge on any atom is 0.100 e. The van der Waals surface area contributed by atoms with Crippen molar-refractivity contribution in [2.24, 2.45) is 0 Å². The molecule has 2 rings (SSSR count). The third kappa shape index (κ3) is 4.28. The van der Waals surface area contributed by atoms with Gasteiger partial charge in [-0.05, 0) is 17.7 Å². The molecule has 0 radical (unpaired) electrons. The van der Waals surface area contributed by atoms with Crippen LogP contribution >= 0.6 is 0 Å². The summed E-state index contributed by atoms with van der Waals surface area (Å²) >= 11 is 0. The number of hydrogen-bond donors (Lipinski definition) is 0. The van der Waals surface area contributed by atoms with E-state index in [2.05, 4.69) is 17.9 Å². The maximum absolute atomic E-state index is 8.94. The van der Waals surface area contributed by atoms with E-state index in [1.807, 2.05) is 48.5 Å². The van der Waals surface area contributed by atoms with Crippen molar-refractivity contribution < 1.29 is 4.74 Å². The van der Waals surface area contributed by atoms with E-state index in [9.17, 15) is 0 Å². The van der Waals surface area contributed by atoms with E-state index in [4.69, 9.17) is 10.00 Å². The van der Waals surface area contributed by atoms with Crippen LogP contribution < -0.4 is 0 Å². The zero-order valence-electron chi connectivity index (χ0n) is 11.2. The Balaban J connectivity index is 1.77. The van der Waals surface area contributed by atoms with Crippen LogP contribution in [0.1, 0.15) is 23.1 Å².